The van der Waals surface area contributed by atoms with E-state index in [1.807, 2.05) is 13.8 Å². The number of nitrogens with zero attached hydrogens (tertiary/aromatic N) is 2. The number of ether oxygens (including phenoxy) is 1. The Hall–Kier alpha value is -1.93. The quantitative estimate of drug-likeness (QED) is 0.867. The van der Waals surface area contributed by atoms with Gasteiger partial charge in [-0.1, -0.05) is 5.16 Å². The van der Waals surface area contributed by atoms with Gasteiger partial charge in [-0.3, -0.25) is 0 Å². The highest BCUT2D eigenvalue weighted by Gasteiger charge is 2.30. The summed E-state index contributed by atoms with van der Waals surface area (Å²) in [4.78, 5) is 4.31. The minimum Gasteiger partial charge on any atom is -0.495 e. The first-order valence-electron chi connectivity index (χ1n) is 7.38. The topological polar surface area (TPSA) is 94.3 Å². The van der Waals surface area contributed by atoms with Gasteiger partial charge in [0, 0.05) is 5.92 Å². The predicted molar refractivity (Wildman–Crippen MR) is 82.8 cm³/mol. The molecule has 1 aliphatic carbocycles. The van der Waals surface area contributed by atoms with Crippen LogP contribution < -0.4 is 9.46 Å². The summed E-state index contributed by atoms with van der Waals surface area (Å²) in [5.74, 6) is 1.57. The second-order valence-corrected chi connectivity index (χ2v) is 7.47. The van der Waals surface area contributed by atoms with Crippen molar-refractivity contribution in [2.24, 2.45) is 0 Å². The fourth-order valence-corrected chi connectivity index (χ4v) is 3.42. The molecule has 1 aromatic carbocycles. The van der Waals surface area contributed by atoms with E-state index in [0.29, 0.717) is 23.4 Å². The van der Waals surface area contributed by atoms with Gasteiger partial charge in [-0.2, -0.15) is 4.98 Å². The summed E-state index contributed by atoms with van der Waals surface area (Å²) >= 11 is 0. The second kappa shape index (κ2) is 5.93. The van der Waals surface area contributed by atoms with Crippen LogP contribution in [0.3, 0.4) is 0 Å². The molecule has 0 bridgehead atoms. The standard InChI is InChI=1S/C15H19N3O4S/c1-9-6-12(21-3)13(7-10(9)2)23(19,20)16-8-14-17-15(22-18-14)11-4-5-11/h6-7,11,16H,4-5,8H2,1-3H3. The molecule has 1 fully saturated rings. The summed E-state index contributed by atoms with van der Waals surface area (Å²) in [7, 11) is -2.28. The van der Waals surface area contributed by atoms with E-state index >= 15 is 0 Å². The smallest absolute Gasteiger partial charge is 0.244 e. The van der Waals surface area contributed by atoms with Gasteiger partial charge in [-0.25, -0.2) is 13.1 Å². The molecule has 2 aromatic rings. The molecule has 0 unspecified atom stereocenters. The first-order chi connectivity index (χ1) is 10.9. The molecule has 124 valence electrons. The number of sulfonamides is 1. The summed E-state index contributed by atoms with van der Waals surface area (Å²) in [6.45, 7) is 3.74. The number of methoxy groups -OCH3 is 1. The average Bonchev–Trinajstić information content (AvgIpc) is 3.26. The van der Waals surface area contributed by atoms with Crippen LogP contribution in [0.4, 0.5) is 0 Å². The van der Waals surface area contributed by atoms with Gasteiger partial charge in [0.15, 0.2) is 5.82 Å². The normalized spacial score (nSPS) is 14.9. The third-order valence-corrected chi connectivity index (χ3v) is 5.32. The first-order valence-corrected chi connectivity index (χ1v) is 8.86. The van der Waals surface area contributed by atoms with Crippen molar-refractivity contribution in [3.05, 3.63) is 35.0 Å². The van der Waals surface area contributed by atoms with E-state index in [0.717, 1.165) is 24.0 Å². The number of benzene rings is 1. The maximum absolute atomic E-state index is 12.5. The van der Waals surface area contributed by atoms with Crippen LogP contribution in [0.25, 0.3) is 0 Å². The average molecular weight is 337 g/mol. The van der Waals surface area contributed by atoms with Gasteiger partial charge in [0.1, 0.15) is 10.6 Å². The van der Waals surface area contributed by atoms with E-state index in [4.69, 9.17) is 9.26 Å². The molecule has 1 heterocycles. The Morgan fingerprint density at radius 3 is 2.65 bits per heavy atom. The SMILES string of the molecule is COc1cc(C)c(C)cc1S(=O)(=O)NCc1noc(C2CC2)n1. The maximum Gasteiger partial charge on any atom is 0.244 e. The molecule has 7 nitrogen and oxygen atoms in total. The lowest BCUT2D eigenvalue weighted by Crippen LogP contribution is -2.24. The van der Waals surface area contributed by atoms with Gasteiger partial charge in [0.25, 0.3) is 0 Å². The number of aromatic nitrogens is 2. The van der Waals surface area contributed by atoms with Gasteiger partial charge in [0.2, 0.25) is 15.9 Å². The molecule has 0 saturated heterocycles. The number of hydrogen-bond acceptors (Lipinski definition) is 6. The van der Waals surface area contributed by atoms with Crippen LogP contribution in [0.2, 0.25) is 0 Å². The van der Waals surface area contributed by atoms with Crippen molar-refractivity contribution in [2.75, 3.05) is 7.11 Å². The van der Waals surface area contributed by atoms with Crippen LogP contribution >= 0.6 is 0 Å². The highest BCUT2D eigenvalue weighted by Crippen LogP contribution is 2.38. The molecule has 1 N–H and O–H groups in total. The van der Waals surface area contributed by atoms with E-state index in [-0.39, 0.29) is 11.4 Å². The Kier molecular flexibility index (Phi) is 4.11. The van der Waals surface area contributed by atoms with Gasteiger partial charge < -0.3 is 9.26 Å². The molecule has 1 aromatic heterocycles. The zero-order chi connectivity index (χ0) is 16.6. The number of rotatable bonds is 6. The minimum absolute atomic E-state index is 0.0192. The zero-order valence-electron chi connectivity index (χ0n) is 13.3. The summed E-state index contributed by atoms with van der Waals surface area (Å²) in [6.07, 6.45) is 2.10. The Morgan fingerprint density at radius 2 is 2.00 bits per heavy atom. The van der Waals surface area contributed by atoms with Gasteiger partial charge in [0.05, 0.1) is 13.7 Å². The summed E-state index contributed by atoms with van der Waals surface area (Å²) in [5.41, 5.74) is 1.84. The summed E-state index contributed by atoms with van der Waals surface area (Å²) in [5, 5.41) is 3.80. The Balaban J connectivity index is 1.79. The molecule has 3 rings (SSSR count). The number of aryl methyl sites for hydroxylation is 2. The van der Waals surface area contributed by atoms with Gasteiger partial charge >= 0.3 is 0 Å². The third-order valence-electron chi connectivity index (χ3n) is 3.90. The predicted octanol–water partition coefficient (Wildman–Crippen LogP) is 2.05. The van der Waals surface area contributed by atoms with Crippen molar-refractivity contribution in [3.8, 4) is 5.75 Å². The molecular formula is C15H19N3O4S. The van der Waals surface area contributed by atoms with Crippen molar-refractivity contribution >= 4 is 10.0 Å². The molecule has 0 atom stereocenters. The van der Waals surface area contributed by atoms with Crippen LogP contribution in [-0.2, 0) is 16.6 Å². The molecule has 0 aliphatic heterocycles. The number of nitrogens with one attached hydrogen (secondary N) is 1. The third kappa shape index (κ3) is 3.37. The van der Waals surface area contributed by atoms with Crippen molar-refractivity contribution in [3.63, 3.8) is 0 Å². The lowest BCUT2D eigenvalue weighted by Gasteiger charge is -2.12. The minimum atomic E-state index is -3.73. The van der Waals surface area contributed by atoms with Crippen molar-refractivity contribution in [1.29, 1.82) is 0 Å². The van der Waals surface area contributed by atoms with Gasteiger partial charge in [-0.05, 0) is 49.9 Å². The van der Waals surface area contributed by atoms with Crippen LogP contribution in [0.1, 0.15) is 41.6 Å². The molecular weight excluding hydrogens is 318 g/mol. The highest BCUT2D eigenvalue weighted by atomic mass is 32.2. The fourth-order valence-electron chi connectivity index (χ4n) is 2.21. The van der Waals surface area contributed by atoms with Crippen molar-refractivity contribution in [1.82, 2.24) is 14.9 Å². The Morgan fingerprint density at radius 1 is 1.30 bits per heavy atom. The van der Waals surface area contributed by atoms with E-state index < -0.39 is 10.0 Å². The van der Waals surface area contributed by atoms with E-state index in [2.05, 4.69) is 14.9 Å². The first kappa shape index (κ1) is 15.9. The fraction of sp³-hybridized carbons (Fsp3) is 0.467. The van der Waals surface area contributed by atoms with Crippen LogP contribution in [0, 0.1) is 13.8 Å². The van der Waals surface area contributed by atoms with Crippen molar-refractivity contribution in [2.45, 2.75) is 44.0 Å². The largest absolute Gasteiger partial charge is 0.495 e. The van der Waals surface area contributed by atoms with Crippen LogP contribution in [0.5, 0.6) is 5.75 Å². The molecule has 1 saturated carbocycles. The molecule has 0 radical (unpaired) electrons. The van der Waals surface area contributed by atoms with Gasteiger partial charge in [-0.15, -0.1) is 0 Å². The van der Waals surface area contributed by atoms with E-state index in [9.17, 15) is 8.42 Å². The molecule has 1 aliphatic rings. The summed E-state index contributed by atoms with van der Waals surface area (Å²) in [6, 6.07) is 3.31. The highest BCUT2D eigenvalue weighted by molar-refractivity contribution is 7.89. The Labute approximate surface area is 135 Å². The van der Waals surface area contributed by atoms with E-state index in [1.165, 1.54) is 7.11 Å². The molecule has 8 heteroatoms. The molecule has 0 amide bonds. The monoisotopic (exact) mass is 337 g/mol. The molecule has 0 spiro atoms. The lowest BCUT2D eigenvalue weighted by atomic mass is 10.1. The van der Waals surface area contributed by atoms with E-state index in [1.54, 1.807) is 12.1 Å². The summed E-state index contributed by atoms with van der Waals surface area (Å²) < 4.78 is 37.9. The second-order valence-electron chi connectivity index (χ2n) is 5.73. The van der Waals surface area contributed by atoms with Crippen LogP contribution in [0.15, 0.2) is 21.6 Å². The van der Waals surface area contributed by atoms with Crippen molar-refractivity contribution < 1.29 is 17.7 Å². The zero-order valence-corrected chi connectivity index (χ0v) is 14.1. The maximum atomic E-state index is 12.5. The molecule has 23 heavy (non-hydrogen) atoms. The Bertz CT molecular complexity index is 825. The van der Waals surface area contributed by atoms with Crippen LogP contribution in [-0.4, -0.2) is 25.7 Å². The lowest BCUT2D eigenvalue weighted by molar-refractivity contribution is 0.373. The number of hydrogen-bond donors (Lipinski definition) is 1.